The van der Waals surface area contributed by atoms with Crippen LogP contribution in [0, 0.1) is 11.3 Å². The van der Waals surface area contributed by atoms with Crippen molar-refractivity contribution in [3.63, 3.8) is 0 Å². The molecule has 3 aromatic rings. The number of hydrogen-bond donors (Lipinski definition) is 1. The molecule has 2 aliphatic rings. The molecule has 1 fully saturated rings. The number of nitriles is 1. The first-order chi connectivity index (χ1) is 16.5. The highest BCUT2D eigenvalue weighted by atomic mass is 32.2. The number of fused-ring (bicyclic) bond motifs is 4. The van der Waals surface area contributed by atoms with Gasteiger partial charge in [0.25, 0.3) is 10.2 Å². The number of nitrogens with one attached hydrogen (secondary N) is 1. The highest BCUT2D eigenvalue weighted by Gasteiger charge is 2.40. The van der Waals surface area contributed by atoms with Crippen LogP contribution >= 0.6 is 0 Å². The fourth-order valence-corrected chi connectivity index (χ4v) is 6.34. The maximum atomic E-state index is 13.5. The van der Waals surface area contributed by atoms with Gasteiger partial charge in [-0.15, -0.1) is 0 Å². The molecule has 1 saturated heterocycles. The van der Waals surface area contributed by atoms with Gasteiger partial charge in [0.15, 0.2) is 5.78 Å². The van der Waals surface area contributed by atoms with Crippen LogP contribution in [0.25, 0.3) is 10.9 Å². The highest BCUT2D eigenvalue weighted by Crippen LogP contribution is 2.44. The van der Waals surface area contributed by atoms with Gasteiger partial charge in [-0.3, -0.25) is 9.69 Å². The molecule has 35 heavy (non-hydrogen) atoms. The predicted octanol–water partition coefficient (Wildman–Crippen LogP) is 2.83. The summed E-state index contributed by atoms with van der Waals surface area (Å²) >= 11 is 0. The van der Waals surface area contributed by atoms with E-state index >= 15 is 0 Å². The molecule has 5 rings (SSSR count). The third kappa shape index (κ3) is 3.78. The van der Waals surface area contributed by atoms with Gasteiger partial charge in [0.2, 0.25) is 0 Å². The zero-order chi connectivity index (χ0) is 25.1. The Morgan fingerprint density at radius 3 is 2.46 bits per heavy atom. The fraction of sp³-hybridized carbons (Fsp3) is 0.385. The van der Waals surface area contributed by atoms with Crippen molar-refractivity contribution < 1.29 is 13.2 Å². The lowest BCUT2D eigenvalue weighted by atomic mass is 9.71. The van der Waals surface area contributed by atoms with Gasteiger partial charge in [-0.2, -0.15) is 22.3 Å². The third-order valence-electron chi connectivity index (χ3n) is 7.31. The molecule has 0 radical (unpaired) electrons. The molecule has 0 amide bonds. The quantitative estimate of drug-likeness (QED) is 0.605. The first-order valence-electron chi connectivity index (χ1n) is 11.7. The number of piperazine rings is 1. The minimum atomic E-state index is -3.39. The largest absolute Gasteiger partial charge is 0.357 e. The van der Waals surface area contributed by atoms with Crippen molar-refractivity contribution >= 4 is 26.9 Å². The van der Waals surface area contributed by atoms with Crippen LogP contribution in [0.1, 0.15) is 52.2 Å². The summed E-state index contributed by atoms with van der Waals surface area (Å²) in [7, 11) is -0.284. The molecule has 1 N–H and O–H groups in total. The molecule has 9 heteroatoms. The zero-order valence-corrected chi connectivity index (χ0v) is 21.2. The Balaban J connectivity index is 1.42. The van der Waals surface area contributed by atoms with E-state index in [1.54, 1.807) is 26.2 Å². The Hall–Kier alpha value is -3.03. The average Bonchev–Trinajstić information content (AvgIpc) is 3.23. The number of rotatable bonds is 4. The molecule has 1 aromatic heterocycles. The lowest BCUT2D eigenvalue weighted by molar-refractivity contribution is 0.103. The van der Waals surface area contributed by atoms with Gasteiger partial charge in [-0.25, -0.2) is 0 Å². The van der Waals surface area contributed by atoms with Crippen molar-refractivity contribution in [2.75, 3.05) is 40.3 Å². The Morgan fingerprint density at radius 1 is 1.09 bits per heavy atom. The van der Waals surface area contributed by atoms with E-state index in [1.807, 2.05) is 18.2 Å². The summed E-state index contributed by atoms with van der Waals surface area (Å²) in [5.74, 6) is -0.000612. The van der Waals surface area contributed by atoms with Gasteiger partial charge in [0.1, 0.15) is 0 Å². The second kappa shape index (κ2) is 8.28. The number of benzene rings is 2. The smallest absolute Gasteiger partial charge is 0.281 e. The second-order valence-electron chi connectivity index (χ2n) is 10.0. The van der Waals surface area contributed by atoms with Crippen LogP contribution in [-0.4, -0.2) is 73.0 Å². The number of hydrogen-bond acceptors (Lipinski definition) is 5. The topological polar surface area (TPSA) is 101 Å². The van der Waals surface area contributed by atoms with Gasteiger partial charge >= 0.3 is 0 Å². The molecule has 1 aliphatic carbocycles. The Morgan fingerprint density at radius 2 is 1.80 bits per heavy atom. The molecular weight excluding hydrogens is 462 g/mol. The van der Waals surface area contributed by atoms with E-state index in [-0.39, 0.29) is 5.78 Å². The normalized spacial score (nSPS) is 18.5. The zero-order valence-electron chi connectivity index (χ0n) is 20.4. The molecule has 2 aromatic carbocycles. The Kier molecular flexibility index (Phi) is 5.61. The first kappa shape index (κ1) is 23.7. The lowest BCUT2D eigenvalue weighted by Gasteiger charge is -2.36. The number of aromatic amines is 1. The van der Waals surface area contributed by atoms with Gasteiger partial charge in [-0.1, -0.05) is 38.1 Å². The van der Waals surface area contributed by atoms with Gasteiger partial charge in [-0.05, 0) is 23.3 Å². The number of ketones is 1. The standard InChI is InChI=1S/C26H29N5O3S/c1-26(2)21-13-18(16-30-9-11-31(12-10-30)35(33,34)29(3)4)6-7-19(21)24(32)23-20-8-5-17(15-27)14-22(20)28-25(23)26/h5-8,13-14,28H,9-12,16H2,1-4H3. The summed E-state index contributed by atoms with van der Waals surface area (Å²) in [5, 5.41) is 10.1. The van der Waals surface area contributed by atoms with Gasteiger partial charge in [0.05, 0.1) is 17.2 Å². The van der Waals surface area contributed by atoms with Crippen molar-refractivity contribution in [3.05, 3.63) is 69.9 Å². The molecule has 0 spiro atoms. The summed E-state index contributed by atoms with van der Waals surface area (Å²) in [4.78, 5) is 19.2. The summed E-state index contributed by atoms with van der Waals surface area (Å²) in [5.41, 5.74) is 5.28. The number of carbonyl (C=O) groups is 1. The van der Waals surface area contributed by atoms with E-state index in [4.69, 9.17) is 0 Å². The van der Waals surface area contributed by atoms with E-state index in [0.29, 0.717) is 49.4 Å². The van der Waals surface area contributed by atoms with Crippen molar-refractivity contribution in [1.29, 1.82) is 5.26 Å². The van der Waals surface area contributed by atoms with Crippen molar-refractivity contribution in [2.24, 2.45) is 0 Å². The monoisotopic (exact) mass is 491 g/mol. The summed E-state index contributed by atoms with van der Waals surface area (Å²) in [6.07, 6.45) is 0. The van der Waals surface area contributed by atoms with Crippen LogP contribution in [-0.2, 0) is 22.2 Å². The SMILES string of the molecule is CN(C)S(=O)(=O)N1CCN(Cc2ccc3c(c2)C(C)(C)c2[nH]c4cc(C#N)ccc4c2C3=O)CC1. The van der Waals surface area contributed by atoms with Crippen LogP contribution in [0.3, 0.4) is 0 Å². The first-order valence-corrected chi connectivity index (χ1v) is 13.1. The van der Waals surface area contributed by atoms with Crippen molar-refractivity contribution in [3.8, 4) is 6.07 Å². The van der Waals surface area contributed by atoms with Gasteiger partial charge in [0, 0.05) is 74.4 Å². The highest BCUT2D eigenvalue weighted by molar-refractivity contribution is 7.86. The molecule has 0 saturated carbocycles. The summed E-state index contributed by atoms with van der Waals surface area (Å²) in [6, 6.07) is 13.6. The predicted molar refractivity (Wildman–Crippen MR) is 134 cm³/mol. The number of aromatic nitrogens is 1. The minimum absolute atomic E-state index is 0.000612. The molecule has 0 unspecified atom stereocenters. The average molecular weight is 492 g/mol. The molecule has 2 heterocycles. The third-order valence-corrected chi connectivity index (χ3v) is 9.25. The van der Waals surface area contributed by atoms with E-state index in [1.165, 1.54) is 8.61 Å². The molecule has 0 atom stereocenters. The fourth-order valence-electron chi connectivity index (χ4n) is 5.25. The van der Waals surface area contributed by atoms with E-state index in [9.17, 15) is 18.5 Å². The Bertz CT molecular complexity index is 1490. The number of carbonyl (C=O) groups excluding carboxylic acids is 1. The maximum absolute atomic E-state index is 13.5. The maximum Gasteiger partial charge on any atom is 0.281 e. The van der Waals surface area contributed by atoms with Crippen molar-refractivity contribution in [2.45, 2.75) is 25.8 Å². The van der Waals surface area contributed by atoms with E-state index < -0.39 is 15.6 Å². The molecule has 8 nitrogen and oxygen atoms in total. The number of nitrogens with zero attached hydrogens (tertiary/aromatic N) is 4. The van der Waals surface area contributed by atoms with Crippen LogP contribution < -0.4 is 0 Å². The number of H-pyrrole nitrogens is 1. The minimum Gasteiger partial charge on any atom is -0.357 e. The lowest BCUT2D eigenvalue weighted by Crippen LogP contribution is -2.51. The van der Waals surface area contributed by atoms with Crippen LogP contribution in [0.4, 0.5) is 0 Å². The van der Waals surface area contributed by atoms with Crippen molar-refractivity contribution in [1.82, 2.24) is 18.5 Å². The second-order valence-corrected chi connectivity index (χ2v) is 12.2. The van der Waals surface area contributed by atoms with E-state index in [0.717, 1.165) is 27.7 Å². The summed E-state index contributed by atoms with van der Waals surface area (Å²) < 4.78 is 27.6. The Labute approximate surface area is 205 Å². The van der Waals surface area contributed by atoms with Gasteiger partial charge < -0.3 is 4.98 Å². The van der Waals surface area contributed by atoms with Crippen LogP contribution in [0.2, 0.25) is 0 Å². The molecule has 0 bridgehead atoms. The molecule has 1 aliphatic heterocycles. The molecule has 182 valence electrons. The van der Waals surface area contributed by atoms with Crippen LogP contribution in [0.5, 0.6) is 0 Å². The van der Waals surface area contributed by atoms with E-state index in [2.05, 4.69) is 35.9 Å². The summed E-state index contributed by atoms with van der Waals surface area (Å²) in [6.45, 7) is 7.15. The molecular formula is C26H29N5O3S. The van der Waals surface area contributed by atoms with Crippen LogP contribution in [0.15, 0.2) is 36.4 Å².